The van der Waals surface area contributed by atoms with Crippen LogP contribution in [0.1, 0.15) is 44.5 Å². The van der Waals surface area contributed by atoms with E-state index in [-0.39, 0.29) is 5.60 Å². The van der Waals surface area contributed by atoms with Crippen molar-refractivity contribution in [3.63, 3.8) is 0 Å². The third-order valence-corrected chi connectivity index (χ3v) is 2.80. The molecule has 0 spiro atoms. The average molecular weight is 251 g/mol. The Labute approximate surface area is 108 Å². The van der Waals surface area contributed by atoms with Crippen LogP contribution in [0, 0.1) is 0 Å². The molecule has 18 heavy (non-hydrogen) atoms. The maximum atomic E-state index is 11.7. The normalized spacial score (nSPS) is 11.1. The van der Waals surface area contributed by atoms with Crippen LogP contribution in [-0.2, 0) is 4.74 Å². The van der Waals surface area contributed by atoms with E-state index in [4.69, 9.17) is 15.2 Å². The van der Waals surface area contributed by atoms with Crippen molar-refractivity contribution in [3.05, 3.63) is 23.8 Å². The van der Waals surface area contributed by atoms with Gasteiger partial charge in [-0.25, -0.2) is 4.79 Å². The van der Waals surface area contributed by atoms with Crippen molar-refractivity contribution in [2.75, 3.05) is 12.3 Å². The molecule has 0 atom stereocenters. The summed E-state index contributed by atoms with van der Waals surface area (Å²) in [6.45, 7) is 8.07. The molecule has 4 nitrogen and oxygen atoms in total. The highest BCUT2D eigenvalue weighted by atomic mass is 16.5. The van der Waals surface area contributed by atoms with Gasteiger partial charge in [0.25, 0.3) is 0 Å². The Hall–Kier alpha value is -1.71. The number of para-hydroxylation sites is 1. The predicted octanol–water partition coefficient (Wildman–Crippen LogP) is 3.01. The van der Waals surface area contributed by atoms with E-state index in [9.17, 15) is 4.79 Å². The minimum absolute atomic E-state index is 0.318. The molecule has 0 amide bonds. The summed E-state index contributed by atoms with van der Waals surface area (Å²) in [4.78, 5) is 11.7. The van der Waals surface area contributed by atoms with Gasteiger partial charge >= 0.3 is 5.97 Å². The maximum absolute atomic E-state index is 11.7. The molecule has 1 aromatic rings. The molecule has 4 heteroatoms. The highest BCUT2D eigenvalue weighted by Gasteiger charge is 2.21. The molecule has 0 aliphatic heterocycles. The Morgan fingerprint density at radius 2 is 2.00 bits per heavy atom. The zero-order valence-corrected chi connectivity index (χ0v) is 11.4. The number of nitrogens with two attached hydrogens (primary N) is 1. The lowest BCUT2D eigenvalue weighted by molar-refractivity contribution is 0.0525. The smallest absolute Gasteiger partial charge is 0.340 e. The molecule has 0 unspecified atom stereocenters. The Bertz CT molecular complexity index is 427. The van der Waals surface area contributed by atoms with Gasteiger partial charge < -0.3 is 15.2 Å². The van der Waals surface area contributed by atoms with E-state index in [0.29, 0.717) is 23.6 Å². The fraction of sp³-hybridized carbons (Fsp3) is 0.500. The molecule has 2 N–H and O–H groups in total. The molecule has 0 aromatic heterocycles. The lowest BCUT2D eigenvalue weighted by atomic mass is 10.1. The zero-order valence-electron chi connectivity index (χ0n) is 11.4. The number of ether oxygens (including phenoxy) is 2. The minimum Gasteiger partial charge on any atom is -0.486 e. The second kappa shape index (κ2) is 5.76. The lowest BCUT2D eigenvalue weighted by Gasteiger charge is -2.26. The first-order chi connectivity index (χ1) is 8.41. The predicted molar refractivity (Wildman–Crippen MR) is 71.8 cm³/mol. The molecule has 0 saturated heterocycles. The standard InChI is InChI=1S/C14H21NO3/c1-5-14(3,4)18-11-9-7-8-10(12(11)15)13(16)17-6-2/h7-9H,5-6,15H2,1-4H3. The number of anilines is 1. The van der Waals surface area contributed by atoms with Gasteiger partial charge in [0, 0.05) is 0 Å². The van der Waals surface area contributed by atoms with Crippen molar-refractivity contribution in [2.24, 2.45) is 0 Å². The van der Waals surface area contributed by atoms with E-state index >= 15 is 0 Å². The van der Waals surface area contributed by atoms with Crippen molar-refractivity contribution >= 4 is 11.7 Å². The van der Waals surface area contributed by atoms with E-state index < -0.39 is 5.97 Å². The highest BCUT2D eigenvalue weighted by Crippen LogP contribution is 2.30. The molecule has 1 rings (SSSR count). The largest absolute Gasteiger partial charge is 0.486 e. The summed E-state index contributed by atoms with van der Waals surface area (Å²) >= 11 is 0. The van der Waals surface area contributed by atoms with Gasteiger partial charge in [-0.05, 0) is 39.3 Å². The summed E-state index contributed by atoms with van der Waals surface area (Å²) in [6.07, 6.45) is 0.843. The zero-order chi connectivity index (χ0) is 13.8. The van der Waals surface area contributed by atoms with Crippen molar-refractivity contribution in [3.8, 4) is 5.75 Å². The molecule has 0 heterocycles. The molecule has 0 fully saturated rings. The van der Waals surface area contributed by atoms with Crippen LogP contribution in [0.5, 0.6) is 5.75 Å². The summed E-state index contributed by atoms with van der Waals surface area (Å²) < 4.78 is 10.8. The van der Waals surface area contributed by atoms with Gasteiger partial charge in [0.1, 0.15) is 11.4 Å². The highest BCUT2D eigenvalue weighted by molar-refractivity contribution is 5.96. The Kier molecular flexibility index (Phi) is 4.59. The topological polar surface area (TPSA) is 61.5 Å². The van der Waals surface area contributed by atoms with E-state index in [1.54, 1.807) is 25.1 Å². The van der Waals surface area contributed by atoms with Gasteiger partial charge in [-0.15, -0.1) is 0 Å². The van der Waals surface area contributed by atoms with E-state index in [1.165, 1.54) is 0 Å². The molecule has 0 bridgehead atoms. The van der Waals surface area contributed by atoms with Crippen LogP contribution in [0.25, 0.3) is 0 Å². The summed E-state index contributed by atoms with van der Waals surface area (Å²) in [6, 6.07) is 5.14. The van der Waals surface area contributed by atoms with E-state index in [0.717, 1.165) is 6.42 Å². The third kappa shape index (κ3) is 3.39. The molecule has 100 valence electrons. The number of benzene rings is 1. The molecule has 0 saturated carbocycles. The van der Waals surface area contributed by atoms with Gasteiger partial charge in [-0.3, -0.25) is 0 Å². The van der Waals surface area contributed by atoms with Gasteiger partial charge in [0.15, 0.2) is 0 Å². The number of hydrogen-bond acceptors (Lipinski definition) is 4. The lowest BCUT2D eigenvalue weighted by Crippen LogP contribution is -2.27. The fourth-order valence-corrected chi connectivity index (χ4v) is 1.39. The molecule has 0 aliphatic rings. The first-order valence-electron chi connectivity index (χ1n) is 6.16. The number of carbonyl (C=O) groups excluding carboxylic acids is 1. The first-order valence-corrected chi connectivity index (χ1v) is 6.16. The summed E-state index contributed by atoms with van der Waals surface area (Å²) in [5, 5.41) is 0. The van der Waals surface area contributed by atoms with Gasteiger partial charge in [-0.1, -0.05) is 13.0 Å². The average Bonchev–Trinajstić information content (AvgIpc) is 2.32. The second-order valence-corrected chi connectivity index (χ2v) is 4.65. The molecule has 1 aromatic carbocycles. The van der Waals surface area contributed by atoms with Crippen molar-refractivity contribution in [1.29, 1.82) is 0 Å². The van der Waals surface area contributed by atoms with Gasteiger partial charge in [-0.2, -0.15) is 0 Å². The van der Waals surface area contributed by atoms with Crippen LogP contribution < -0.4 is 10.5 Å². The second-order valence-electron chi connectivity index (χ2n) is 4.65. The van der Waals surface area contributed by atoms with E-state index in [2.05, 4.69) is 0 Å². The number of esters is 1. The summed E-state index contributed by atoms with van der Waals surface area (Å²) in [5.74, 6) is 0.0992. The monoisotopic (exact) mass is 251 g/mol. The van der Waals surface area contributed by atoms with Crippen LogP contribution >= 0.6 is 0 Å². The first kappa shape index (κ1) is 14.4. The van der Waals surface area contributed by atoms with Gasteiger partial charge in [0.2, 0.25) is 0 Å². The minimum atomic E-state index is -0.422. The van der Waals surface area contributed by atoms with Crippen LogP contribution in [-0.4, -0.2) is 18.2 Å². The number of carbonyl (C=O) groups is 1. The van der Waals surface area contributed by atoms with Crippen molar-refractivity contribution in [2.45, 2.75) is 39.7 Å². The van der Waals surface area contributed by atoms with Crippen LogP contribution in [0.15, 0.2) is 18.2 Å². The van der Waals surface area contributed by atoms with Crippen LogP contribution in [0.2, 0.25) is 0 Å². The van der Waals surface area contributed by atoms with Crippen molar-refractivity contribution < 1.29 is 14.3 Å². The number of rotatable bonds is 5. The maximum Gasteiger partial charge on any atom is 0.340 e. The Balaban J connectivity index is 3.02. The Morgan fingerprint density at radius 1 is 1.33 bits per heavy atom. The van der Waals surface area contributed by atoms with E-state index in [1.807, 2.05) is 20.8 Å². The summed E-state index contributed by atoms with van der Waals surface area (Å²) in [5.41, 5.74) is 6.31. The third-order valence-electron chi connectivity index (χ3n) is 2.80. The molecule has 0 aliphatic carbocycles. The quantitative estimate of drug-likeness (QED) is 0.645. The van der Waals surface area contributed by atoms with Crippen LogP contribution in [0.3, 0.4) is 0 Å². The number of hydrogen-bond donors (Lipinski definition) is 1. The number of nitrogen functional groups attached to an aromatic ring is 1. The fourth-order valence-electron chi connectivity index (χ4n) is 1.39. The summed E-state index contributed by atoms with van der Waals surface area (Å²) in [7, 11) is 0. The molecular weight excluding hydrogens is 230 g/mol. The van der Waals surface area contributed by atoms with Crippen LogP contribution in [0.4, 0.5) is 5.69 Å². The van der Waals surface area contributed by atoms with Gasteiger partial charge in [0.05, 0.1) is 17.9 Å². The molecule has 0 radical (unpaired) electrons. The Morgan fingerprint density at radius 3 is 2.56 bits per heavy atom. The van der Waals surface area contributed by atoms with Crippen molar-refractivity contribution in [1.82, 2.24) is 0 Å². The SMILES string of the molecule is CCOC(=O)c1cccc(OC(C)(C)CC)c1N. The molecular formula is C14H21NO3.